The highest BCUT2D eigenvalue weighted by molar-refractivity contribution is 5.62. The molecule has 0 amide bonds. The first-order valence-corrected chi connectivity index (χ1v) is 6.21. The minimum Gasteiger partial charge on any atom is -0.375 e. The van der Waals surface area contributed by atoms with Gasteiger partial charge < -0.3 is 9.42 Å². The van der Waals surface area contributed by atoms with Crippen LogP contribution < -0.4 is 4.90 Å². The van der Waals surface area contributed by atoms with Crippen molar-refractivity contribution in [2.75, 3.05) is 19.0 Å². The maximum absolute atomic E-state index is 14.0. The molecular formula is C14H12FN5O. The average molecular weight is 285 g/mol. The number of hydrogen-bond acceptors (Lipinski definition) is 6. The molecule has 106 valence electrons. The van der Waals surface area contributed by atoms with Crippen molar-refractivity contribution in [3.63, 3.8) is 0 Å². The van der Waals surface area contributed by atoms with Gasteiger partial charge in [-0.15, -0.1) is 0 Å². The maximum atomic E-state index is 14.0. The van der Waals surface area contributed by atoms with Gasteiger partial charge in [-0.05, 0) is 18.2 Å². The third-order valence-corrected chi connectivity index (χ3v) is 2.92. The van der Waals surface area contributed by atoms with Gasteiger partial charge in [-0.1, -0.05) is 5.16 Å². The Morgan fingerprint density at radius 3 is 2.52 bits per heavy atom. The number of nitrogens with zero attached hydrogens (tertiary/aromatic N) is 5. The van der Waals surface area contributed by atoms with E-state index in [1.165, 1.54) is 12.4 Å². The zero-order valence-electron chi connectivity index (χ0n) is 11.5. The van der Waals surface area contributed by atoms with Crippen molar-refractivity contribution in [1.29, 1.82) is 0 Å². The number of benzene rings is 1. The maximum Gasteiger partial charge on any atom is 0.258 e. The zero-order valence-corrected chi connectivity index (χ0v) is 11.5. The Hall–Kier alpha value is -2.83. The second kappa shape index (κ2) is 5.28. The van der Waals surface area contributed by atoms with Crippen molar-refractivity contribution in [2.24, 2.45) is 0 Å². The van der Waals surface area contributed by atoms with Gasteiger partial charge in [0.2, 0.25) is 5.82 Å². The second-order valence-electron chi connectivity index (χ2n) is 4.61. The van der Waals surface area contributed by atoms with E-state index in [0.29, 0.717) is 22.6 Å². The molecule has 2 aromatic heterocycles. The van der Waals surface area contributed by atoms with Crippen molar-refractivity contribution in [1.82, 2.24) is 20.1 Å². The molecular weight excluding hydrogens is 273 g/mol. The van der Waals surface area contributed by atoms with E-state index in [9.17, 15) is 4.39 Å². The van der Waals surface area contributed by atoms with E-state index in [0.717, 1.165) is 0 Å². The molecule has 0 saturated carbocycles. The number of aromatic nitrogens is 4. The first-order valence-electron chi connectivity index (χ1n) is 6.21. The molecule has 0 spiro atoms. The van der Waals surface area contributed by atoms with Crippen LogP contribution in [0.1, 0.15) is 0 Å². The molecule has 3 aromatic rings. The van der Waals surface area contributed by atoms with E-state index in [4.69, 9.17) is 4.52 Å². The molecule has 0 unspecified atom stereocenters. The van der Waals surface area contributed by atoms with Crippen molar-refractivity contribution in [3.05, 3.63) is 42.7 Å². The summed E-state index contributed by atoms with van der Waals surface area (Å²) < 4.78 is 19.1. The fourth-order valence-corrected chi connectivity index (χ4v) is 1.88. The molecule has 0 radical (unpaired) electrons. The SMILES string of the molecule is CN(C)c1ccc(-c2nc(-c3cncnc3)no2)cc1F. The summed E-state index contributed by atoms with van der Waals surface area (Å²) in [5, 5.41) is 3.85. The topological polar surface area (TPSA) is 67.9 Å². The van der Waals surface area contributed by atoms with Gasteiger partial charge in [0.25, 0.3) is 5.89 Å². The quantitative estimate of drug-likeness (QED) is 0.736. The van der Waals surface area contributed by atoms with Crippen LogP contribution in [0.5, 0.6) is 0 Å². The van der Waals surface area contributed by atoms with Gasteiger partial charge >= 0.3 is 0 Å². The lowest BCUT2D eigenvalue weighted by Gasteiger charge is -2.13. The summed E-state index contributed by atoms with van der Waals surface area (Å²) in [4.78, 5) is 13.7. The number of anilines is 1. The smallest absolute Gasteiger partial charge is 0.258 e. The van der Waals surface area contributed by atoms with Crippen molar-refractivity contribution in [3.8, 4) is 22.8 Å². The van der Waals surface area contributed by atoms with E-state index < -0.39 is 0 Å². The minimum atomic E-state index is -0.347. The zero-order chi connectivity index (χ0) is 14.8. The molecule has 2 heterocycles. The van der Waals surface area contributed by atoms with Gasteiger partial charge in [-0.3, -0.25) is 0 Å². The Kier molecular flexibility index (Phi) is 3.31. The van der Waals surface area contributed by atoms with Gasteiger partial charge in [-0.25, -0.2) is 14.4 Å². The Bertz CT molecular complexity index is 757. The lowest BCUT2D eigenvalue weighted by atomic mass is 10.2. The first kappa shape index (κ1) is 13.2. The molecule has 0 aliphatic carbocycles. The number of halogens is 1. The van der Waals surface area contributed by atoms with Crippen molar-refractivity contribution in [2.45, 2.75) is 0 Å². The van der Waals surface area contributed by atoms with E-state index in [1.807, 2.05) is 0 Å². The predicted octanol–water partition coefficient (Wildman–Crippen LogP) is 2.40. The standard InChI is InChI=1S/C14H12FN5O/c1-20(2)12-4-3-9(5-11(12)15)14-18-13(19-21-14)10-6-16-8-17-7-10/h3-8H,1-2H3. The molecule has 0 N–H and O–H groups in total. The molecule has 7 heteroatoms. The first-order chi connectivity index (χ1) is 10.1. The van der Waals surface area contributed by atoms with Crippen LogP contribution >= 0.6 is 0 Å². The molecule has 0 atom stereocenters. The van der Waals surface area contributed by atoms with Gasteiger partial charge in [0.15, 0.2) is 0 Å². The average Bonchev–Trinajstić information content (AvgIpc) is 2.97. The summed E-state index contributed by atoms with van der Waals surface area (Å²) in [6, 6.07) is 4.77. The molecule has 0 aliphatic heterocycles. The monoisotopic (exact) mass is 285 g/mol. The van der Waals surface area contributed by atoms with Gasteiger partial charge in [-0.2, -0.15) is 4.98 Å². The third kappa shape index (κ3) is 2.58. The van der Waals surface area contributed by atoms with Crippen molar-refractivity contribution >= 4 is 5.69 Å². The van der Waals surface area contributed by atoms with Crippen LogP contribution in [0, 0.1) is 5.82 Å². The summed E-state index contributed by atoms with van der Waals surface area (Å²) in [6.07, 6.45) is 4.58. The highest BCUT2D eigenvalue weighted by atomic mass is 19.1. The van der Waals surface area contributed by atoms with Gasteiger partial charge in [0.05, 0.1) is 11.3 Å². The molecule has 0 aliphatic rings. The van der Waals surface area contributed by atoms with Crippen LogP contribution in [0.4, 0.5) is 10.1 Å². The van der Waals surface area contributed by atoms with E-state index in [-0.39, 0.29) is 11.7 Å². The third-order valence-electron chi connectivity index (χ3n) is 2.92. The summed E-state index contributed by atoms with van der Waals surface area (Å²) in [7, 11) is 3.55. The Morgan fingerprint density at radius 2 is 1.86 bits per heavy atom. The molecule has 6 nitrogen and oxygen atoms in total. The second-order valence-corrected chi connectivity index (χ2v) is 4.61. The van der Waals surface area contributed by atoms with Crippen LogP contribution in [0.3, 0.4) is 0 Å². The summed E-state index contributed by atoms with van der Waals surface area (Å²) in [5.41, 5.74) is 1.65. The lowest BCUT2D eigenvalue weighted by molar-refractivity contribution is 0.432. The molecule has 3 rings (SSSR count). The van der Waals surface area contributed by atoms with Crippen LogP contribution in [-0.4, -0.2) is 34.2 Å². The van der Waals surface area contributed by atoms with E-state index in [1.54, 1.807) is 43.5 Å². The van der Waals surface area contributed by atoms with Crippen LogP contribution in [-0.2, 0) is 0 Å². The van der Waals surface area contributed by atoms with Gasteiger partial charge in [0.1, 0.15) is 12.1 Å². The predicted molar refractivity (Wildman–Crippen MR) is 75.0 cm³/mol. The largest absolute Gasteiger partial charge is 0.375 e. The molecule has 1 aromatic carbocycles. The molecule has 21 heavy (non-hydrogen) atoms. The Morgan fingerprint density at radius 1 is 1.10 bits per heavy atom. The molecule has 0 fully saturated rings. The Labute approximate surface area is 120 Å². The summed E-state index contributed by atoms with van der Waals surface area (Å²) >= 11 is 0. The van der Waals surface area contributed by atoms with Crippen molar-refractivity contribution < 1.29 is 8.91 Å². The minimum absolute atomic E-state index is 0.248. The Balaban J connectivity index is 1.95. The van der Waals surface area contributed by atoms with E-state index in [2.05, 4.69) is 20.1 Å². The summed E-state index contributed by atoms with van der Waals surface area (Å²) in [5.74, 6) is 0.265. The number of rotatable bonds is 3. The fourth-order valence-electron chi connectivity index (χ4n) is 1.88. The highest BCUT2D eigenvalue weighted by Gasteiger charge is 2.13. The molecule has 0 saturated heterocycles. The van der Waals surface area contributed by atoms with E-state index >= 15 is 0 Å². The number of hydrogen-bond donors (Lipinski definition) is 0. The summed E-state index contributed by atoms with van der Waals surface area (Å²) in [6.45, 7) is 0. The van der Waals surface area contributed by atoms with Crippen LogP contribution in [0.15, 0.2) is 41.4 Å². The normalized spacial score (nSPS) is 10.6. The van der Waals surface area contributed by atoms with Crippen LogP contribution in [0.25, 0.3) is 22.8 Å². The van der Waals surface area contributed by atoms with Crippen LogP contribution in [0.2, 0.25) is 0 Å². The molecule has 0 bridgehead atoms. The highest BCUT2D eigenvalue weighted by Crippen LogP contribution is 2.26. The lowest BCUT2D eigenvalue weighted by Crippen LogP contribution is -2.10. The fraction of sp³-hybridized carbons (Fsp3) is 0.143. The van der Waals surface area contributed by atoms with Gasteiger partial charge in [0, 0.05) is 32.1 Å².